The fourth-order valence-corrected chi connectivity index (χ4v) is 4.18. The average Bonchev–Trinajstić information content (AvgIpc) is 3.32. The van der Waals surface area contributed by atoms with Crippen LogP contribution in [0, 0.1) is 0 Å². The van der Waals surface area contributed by atoms with Crippen LogP contribution in [0.25, 0.3) is 11.3 Å². The molecule has 8 heteroatoms. The first-order valence-electron chi connectivity index (χ1n) is 9.07. The molecule has 6 nitrogen and oxygen atoms in total. The Bertz CT molecular complexity index is 875. The van der Waals surface area contributed by atoms with Gasteiger partial charge in [-0.3, -0.25) is 4.79 Å². The molecule has 0 aliphatic rings. The Labute approximate surface area is 167 Å². The van der Waals surface area contributed by atoms with Crippen LogP contribution in [-0.2, 0) is 17.8 Å². The Morgan fingerprint density at radius 1 is 1.22 bits per heavy atom. The van der Waals surface area contributed by atoms with Crippen LogP contribution in [-0.4, -0.2) is 31.4 Å². The molecule has 0 radical (unpaired) electrons. The van der Waals surface area contributed by atoms with Crippen LogP contribution in [0.1, 0.15) is 32.5 Å². The summed E-state index contributed by atoms with van der Waals surface area (Å²) in [6.07, 6.45) is 3.14. The van der Waals surface area contributed by atoms with Crippen molar-refractivity contribution in [3.8, 4) is 11.3 Å². The number of amides is 1. The first-order chi connectivity index (χ1) is 13.2. The van der Waals surface area contributed by atoms with Gasteiger partial charge in [-0.15, -0.1) is 21.5 Å². The van der Waals surface area contributed by atoms with Crippen LogP contribution in [0.15, 0.2) is 40.9 Å². The number of anilines is 1. The molecule has 0 atom stereocenters. The van der Waals surface area contributed by atoms with E-state index >= 15 is 0 Å². The van der Waals surface area contributed by atoms with Crippen LogP contribution < -0.4 is 5.32 Å². The molecule has 1 aromatic carbocycles. The summed E-state index contributed by atoms with van der Waals surface area (Å²) in [5.74, 6) is 1.19. The number of unbranched alkanes of at least 4 members (excludes halogenated alkanes) is 1. The van der Waals surface area contributed by atoms with E-state index in [-0.39, 0.29) is 11.7 Å². The van der Waals surface area contributed by atoms with Crippen LogP contribution in [0.4, 0.5) is 5.13 Å². The fraction of sp³-hybridized carbons (Fsp3) is 0.368. The van der Waals surface area contributed by atoms with Gasteiger partial charge >= 0.3 is 0 Å². The van der Waals surface area contributed by atoms with Gasteiger partial charge in [-0.25, -0.2) is 4.98 Å². The van der Waals surface area contributed by atoms with Crippen molar-refractivity contribution in [2.24, 2.45) is 0 Å². The first kappa shape index (κ1) is 19.6. The van der Waals surface area contributed by atoms with Crippen LogP contribution in [0.2, 0.25) is 0 Å². The van der Waals surface area contributed by atoms with Gasteiger partial charge in [-0.1, -0.05) is 55.4 Å². The fourth-order valence-electron chi connectivity index (χ4n) is 2.62. The molecule has 27 heavy (non-hydrogen) atoms. The standard InChI is InChI=1S/C19H23N5OS2/c1-3-5-11-16-22-23-19(24(16)4-2)27-13-17(25)21-18-20-15(12-26-18)14-9-7-6-8-10-14/h6-10,12H,3-5,11,13H2,1-2H3,(H,20,21,25). The predicted octanol–water partition coefficient (Wildman–Crippen LogP) is 4.49. The van der Waals surface area contributed by atoms with Gasteiger partial charge in [0.15, 0.2) is 10.3 Å². The molecule has 0 fully saturated rings. The summed E-state index contributed by atoms with van der Waals surface area (Å²) in [6, 6.07) is 9.93. The Kier molecular flexibility index (Phi) is 7.00. The van der Waals surface area contributed by atoms with Crippen molar-refractivity contribution >= 4 is 34.1 Å². The van der Waals surface area contributed by atoms with Gasteiger partial charge in [0, 0.05) is 23.9 Å². The molecular formula is C19H23N5OS2. The molecule has 0 bridgehead atoms. The number of hydrogen-bond donors (Lipinski definition) is 1. The third-order valence-electron chi connectivity index (χ3n) is 4.02. The lowest BCUT2D eigenvalue weighted by Crippen LogP contribution is -2.14. The second kappa shape index (κ2) is 9.66. The lowest BCUT2D eigenvalue weighted by molar-refractivity contribution is -0.113. The van der Waals surface area contributed by atoms with Crippen molar-refractivity contribution in [1.82, 2.24) is 19.7 Å². The highest BCUT2D eigenvalue weighted by molar-refractivity contribution is 7.99. The molecule has 0 aliphatic heterocycles. The highest BCUT2D eigenvalue weighted by Crippen LogP contribution is 2.25. The number of carbonyl (C=O) groups is 1. The molecule has 3 rings (SSSR count). The number of thioether (sulfide) groups is 1. The Morgan fingerprint density at radius 2 is 2.04 bits per heavy atom. The zero-order valence-corrected chi connectivity index (χ0v) is 17.1. The Balaban J connectivity index is 1.56. The van der Waals surface area contributed by atoms with Crippen molar-refractivity contribution in [2.75, 3.05) is 11.1 Å². The number of rotatable bonds is 9. The summed E-state index contributed by atoms with van der Waals surface area (Å²) in [4.78, 5) is 16.8. The number of hydrogen-bond acceptors (Lipinski definition) is 6. The van der Waals surface area contributed by atoms with Crippen molar-refractivity contribution in [1.29, 1.82) is 0 Å². The lowest BCUT2D eigenvalue weighted by Gasteiger charge is -2.06. The monoisotopic (exact) mass is 401 g/mol. The van der Waals surface area contributed by atoms with Crippen molar-refractivity contribution in [3.05, 3.63) is 41.5 Å². The van der Waals surface area contributed by atoms with E-state index in [1.165, 1.54) is 23.1 Å². The molecular weight excluding hydrogens is 378 g/mol. The molecule has 1 amide bonds. The molecule has 1 N–H and O–H groups in total. The van der Waals surface area contributed by atoms with Crippen molar-refractivity contribution in [3.63, 3.8) is 0 Å². The van der Waals surface area contributed by atoms with Gasteiger partial charge in [-0.2, -0.15) is 0 Å². The highest BCUT2D eigenvalue weighted by Gasteiger charge is 2.14. The van der Waals surface area contributed by atoms with Crippen LogP contribution in [0.3, 0.4) is 0 Å². The topological polar surface area (TPSA) is 72.7 Å². The molecule has 142 valence electrons. The molecule has 2 heterocycles. The number of nitrogens with zero attached hydrogens (tertiary/aromatic N) is 4. The van der Waals surface area contributed by atoms with E-state index in [0.29, 0.717) is 5.13 Å². The van der Waals surface area contributed by atoms with E-state index in [2.05, 4.69) is 38.9 Å². The van der Waals surface area contributed by atoms with Gasteiger partial charge in [0.25, 0.3) is 0 Å². The normalized spacial score (nSPS) is 10.9. The minimum absolute atomic E-state index is 0.0882. The quantitative estimate of drug-likeness (QED) is 0.535. The summed E-state index contributed by atoms with van der Waals surface area (Å²) in [6.45, 7) is 5.04. The van der Waals surface area contributed by atoms with Gasteiger partial charge < -0.3 is 9.88 Å². The summed E-state index contributed by atoms with van der Waals surface area (Å²) < 4.78 is 2.09. The minimum atomic E-state index is -0.0882. The van der Waals surface area contributed by atoms with Crippen molar-refractivity contribution < 1.29 is 4.79 Å². The van der Waals surface area contributed by atoms with Gasteiger partial charge in [-0.05, 0) is 13.3 Å². The Hall–Kier alpha value is -2.19. The number of aryl methyl sites for hydroxylation is 1. The molecule has 3 aromatic rings. The van der Waals surface area contributed by atoms with E-state index in [1.54, 1.807) is 0 Å². The van der Waals surface area contributed by atoms with E-state index in [9.17, 15) is 4.79 Å². The zero-order chi connectivity index (χ0) is 19.1. The predicted molar refractivity (Wildman–Crippen MR) is 111 cm³/mol. The average molecular weight is 402 g/mol. The second-order valence-corrected chi connectivity index (χ2v) is 7.79. The van der Waals surface area contributed by atoms with Gasteiger partial charge in [0.2, 0.25) is 5.91 Å². The highest BCUT2D eigenvalue weighted by atomic mass is 32.2. The summed E-state index contributed by atoms with van der Waals surface area (Å²) in [7, 11) is 0. The maximum atomic E-state index is 12.3. The smallest absolute Gasteiger partial charge is 0.236 e. The third-order valence-corrected chi connectivity index (χ3v) is 5.74. The molecule has 0 unspecified atom stereocenters. The van der Waals surface area contributed by atoms with E-state index in [0.717, 1.165) is 48.0 Å². The van der Waals surface area contributed by atoms with E-state index in [1.807, 2.05) is 35.7 Å². The number of aromatic nitrogens is 4. The second-order valence-electron chi connectivity index (χ2n) is 5.99. The SMILES string of the molecule is CCCCc1nnc(SCC(=O)Nc2nc(-c3ccccc3)cs2)n1CC. The maximum Gasteiger partial charge on any atom is 0.236 e. The number of benzene rings is 1. The lowest BCUT2D eigenvalue weighted by atomic mass is 10.2. The molecule has 0 saturated heterocycles. The van der Waals surface area contributed by atoms with Crippen LogP contribution in [0.5, 0.6) is 0 Å². The summed E-state index contributed by atoms with van der Waals surface area (Å²) in [5.41, 5.74) is 1.91. The van der Waals surface area contributed by atoms with Crippen LogP contribution >= 0.6 is 23.1 Å². The molecule has 0 saturated carbocycles. The molecule has 2 aromatic heterocycles. The van der Waals surface area contributed by atoms with E-state index in [4.69, 9.17) is 0 Å². The molecule has 0 spiro atoms. The number of carbonyl (C=O) groups excluding carboxylic acids is 1. The maximum absolute atomic E-state index is 12.3. The third kappa shape index (κ3) is 5.17. The number of thiazole rings is 1. The van der Waals surface area contributed by atoms with E-state index < -0.39 is 0 Å². The Morgan fingerprint density at radius 3 is 2.78 bits per heavy atom. The number of nitrogens with one attached hydrogen (secondary N) is 1. The van der Waals surface area contributed by atoms with Crippen molar-refractivity contribution in [2.45, 2.75) is 44.8 Å². The largest absolute Gasteiger partial charge is 0.306 e. The summed E-state index contributed by atoms with van der Waals surface area (Å²) >= 11 is 2.84. The summed E-state index contributed by atoms with van der Waals surface area (Å²) in [5, 5.41) is 14.7. The van der Waals surface area contributed by atoms with Gasteiger partial charge in [0.1, 0.15) is 5.82 Å². The minimum Gasteiger partial charge on any atom is -0.306 e. The van der Waals surface area contributed by atoms with Gasteiger partial charge in [0.05, 0.1) is 11.4 Å². The first-order valence-corrected chi connectivity index (χ1v) is 10.9. The molecule has 0 aliphatic carbocycles. The zero-order valence-electron chi connectivity index (χ0n) is 15.5.